The molecule has 10 nitrogen and oxygen atoms in total. The zero-order chi connectivity index (χ0) is 14.8. The predicted octanol–water partition coefficient (Wildman–Crippen LogP) is 1.69. The quantitative estimate of drug-likeness (QED) is 0.273. The molecule has 0 amide bonds. The third kappa shape index (κ3) is 2.72. The van der Waals surface area contributed by atoms with Crippen LogP contribution < -0.4 is 0 Å². The number of hydrogen-bond donors (Lipinski definition) is 0. The van der Waals surface area contributed by atoms with Crippen molar-refractivity contribution in [2.24, 2.45) is 17.6 Å². The molecule has 108 valence electrons. The monoisotopic (exact) mass is 282 g/mol. The van der Waals surface area contributed by atoms with Crippen LogP contribution in [-0.2, 0) is 16.5 Å². The summed E-state index contributed by atoms with van der Waals surface area (Å²) in [5.41, 5.74) is 8.03. The molecule has 0 spiro atoms. The smallest absolute Gasteiger partial charge is 0.315 e. The molecular weight excluding hydrogens is 268 g/mol. The molecule has 0 aliphatic carbocycles. The maximum Gasteiger partial charge on any atom is 0.315 e. The Balaban J connectivity index is 2.13. The Kier molecular flexibility index (Phi) is 3.89. The van der Waals surface area contributed by atoms with Crippen LogP contribution in [0.2, 0.25) is 0 Å². The van der Waals surface area contributed by atoms with Crippen molar-refractivity contribution in [1.29, 1.82) is 0 Å². The van der Waals surface area contributed by atoms with Crippen molar-refractivity contribution in [1.82, 2.24) is 9.78 Å². The Hall–Kier alpha value is -2.16. The number of rotatable bonds is 4. The number of ether oxygens (including phenoxy) is 2. The van der Waals surface area contributed by atoms with Crippen LogP contribution in [-0.4, -0.2) is 34.5 Å². The third-order valence-corrected chi connectivity index (χ3v) is 3.07. The number of aryl methyl sites for hydroxylation is 1. The Bertz CT molecular complexity index is 556. The molecule has 1 aliphatic heterocycles. The van der Waals surface area contributed by atoms with Crippen molar-refractivity contribution < 1.29 is 14.4 Å². The van der Waals surface area contributed by atoms with E-state index < -0.39 is 16.6 Å². The second-order valence-corrected chi connectivity index (χ2v) is 4.95. The van der Waals surface area contributed by atoms with Crippen LogP contribution in [0.3, 0.4) is 0 Å². The van der Waals surface area contributed by atoms with E-state index in [0.29, 0.717) is 0 Å². The molecule has 20 heavy (non-hydrogen) atoms. The summed E-state index contributed by atoms with van der Waals surface area (Å²) in [6.07, 6.45) is 0.317. The predicted molar refractivity (Wildman–Crippen MR) is 66.6 cm³/mol. The van der Waals surface area contributed by atoms with Crippen LogP contribution in [0.5, 0.6) is 0 Å². The molecule has 1 aromatic rings. The zero-order valence-corrected chi connectivity index (χ0v) is 11.1. The summed E-state index contributed by atoms with van der Waals surface area (Å²) in [6.45, 7) is 2.65. The van der Waals surface area contributed by atoms with Crippen molar-refractivity contribution in [2.45, 2.75) is 13.2 Å². The first-order valence-corrected chi connectivity index (χ1v) is 5.87. The van der Waals surface area contributed by atoms with Crippen LogP contribution >= 0.6 is 0 Å². The highest BCUT2D eigenvalue weighted by Gasteiger charge is 2.37. The summed E-state index contributed by atoms with van der Waals surface area (Å²) in [6, 6.07) is 0. The van der Waals surface area contributed by atoms with Gasteiger partial charge in [-0.05, 0) is 5.53 Å². The fraction of sp³-hybridized carbons (Fsp3) is 0.700. The number of nitro groups is 1. The lowest BCUT2D eigenvalue weighted by Gasteiger charge is -2.35. The molecular formula is C10H14N6O4. The minimum atomic E-state index is -0.845. The van der Waals surface area contributed by atoms with E-state index >= 15 is 0 Å². The van der Waals surface area contributed by atoms with Gasteiger partial charge in [-0.25, -0.2) is 0 Å². The molecule has 0 radical (unpaired) electrons. The summed E-state index contributed by atoms with van der Waals surface area (Å²) < 4.78 is 12.4. The van der Waals surface area contributed by atoms with Gasteiger partial charge in [0.05, 0.1) is 18.1 Å². The number of aromatic nitrogens is 2. The number of hydrogen-bond acceptors (Lipinski definition) is 6. The van der Waals surface area contributed by atoms with E-state index in [0.717, 1.165) is 6.20 Å². The van der Waals surface area contributed by atoms with Gasteiger partial charge in [0.25, 0.3) is 0 Å². The highest BCUT2D eigenvalue weighted by Crippen LogP contribution is 2.35. The highest BCUT2D eigenvalue weighted by atomic mass is 16.7. The van der Waals surface area contributed by atoms with E-state index in [1.165, 1.54) is 4.68 Å². The summed E-state index contributed by atoms with van der Waals surface area (Å²) in [5, 5.41) is 18.3. The molecule has 0 aromatic carbocycles. The van der Waals surface area contributed by atoms with Crippen molar-refractivity contribution in [3.05, 3.63) is 32.4 Å². The number of nitrogens with zero attached hydrogens (tertiary/aromatic N) is 6. The lowest BCUT2D eigenvalue weighted by atomic mass is 9.92. The Morgan fingerprint density at radius 1 is 1.70 bits per heavy atom. The highest BCUT2D eigenvalue weighted by molar-refractivity contribution is 5.34. The molecule has 0 bridgehead atoms. The first-order valence-electron chi connectivity index (χ1n) is 5.87. The number of azide groups is 1. The average molecular weight is 282 g/mol. The maximum atomic E-state index is 10.9. The lowest BCUT2D eigenvalue weighted by molar-refractivity contribution is -0.388. The molecule has 1 aliphatic rings. The first-order chi connectivity index (χ1) is 9.47. The molecule has 1 fully saturated rings. The van der Waals surface area contributed by atoms with Gasteiger partial charge in [0.2, 0.25) is 6.29 Å². The molecule has 0 saturated carbocycles. The van der Waals surface area contributed by atoms with E-state index in [9.17, 15) is 10.1 Å². The minimum Gasteiger partial charge on any atom is -0.346 e. The van der Waals surface area contributed by atoms with Gasteiger partial charge in [0, 0.05) is 23.9 Å². The van der Waals surface area contributed by atoms with Crippen LogP contribution in [0.15, 0.2) is 11.3 Å². The molecule has 0 N–H and O–H groups in total. The second-order valence-electron chi connectivity index (χ2n) is 4.95. The van der Waals surface area contributed by atoms with Gasteiger partial charge < -0.3 is 9.47 Å². The van der Waals surface area contributed by atoms with Crippen LogP contribution in [0.1, 0.15) is 18.9 Å². The minimum absolute atomic E-state index is 0.142. The van der Waals surface area contributed by atoms with Gasteiger partial charge in [-0.1, -0.05) is 12.0 Å². The standard InChI is InChI=1S/C10H14N6O4/c1-10(4-12-14-11)5-19-9(20-6-10)8-7(16(17)18)3-13-15(8)2/h3,9H,4-6H2,1-2H3. The van der Waals surface area contributed by atoms with Gasteiger partial charge in [0.15, 0.2) is 5.69 Å². The Morgan fingerprint density at radius 3 is 2.90 bits per heavy atom. The van der Waals surface area contributed by atoms with Crippen molar-refractivity contribution >= 4 is 5.69 Å². The third-order valence-electron chi connectivity index (χ3n) is 3.07. The van der Waals surface area contributed by atoms with Crippen molar-refractivity contribution in [2.75, 3.05) is 19.8 Å². The van der Waals surface area contributed by atoms with E-state index in [4.69, 9.17) is 15.0 Å². The van der Waals surface area contributed by atoms with E-state index in [1.807, 2.05) is 6.92 Å². The summed E-state index contributed by atoms with van der Waals surface area (Å²) in [5.74, 6) is 0. The Morgan fingerprint density at radius 2 is 2.35 bits per heavy atom. The van der Waals surface area contributed by atoms with Gasteiger partial charge in [-0.3, -0.25) is 14.8 Å². The summed E-state index contributed by atoms with van der Waals surface area (Å²) >= 11 is 0. The van der Waals surface area contributed by atoms with Gasteiger partial charge >= 0.3 is 5.69 Å². The molecule has 1 saturated heterocycles. The molecule has 2 heterocycles. The van der Waals surface area contributed by atoms with Crippen LogP contribution in [0, 0.1) is 15.5 Å². The van der Waals surface area contributed by atoms with Crippen molar-refractivity contribution in [3.63, 3.8) is 0 Å². The molecule has 1 aromatic heterocycles. The first kappa shape index (κ1) is 14.3. The normalized spacial score (nSPS) is 26.0. The van der Waals surface area contributed by atoms with Gasteiger partial charge in [-0.15, -0.1) is 0 Å². The summed E-state index contributed by atoms with van der Waals surface area (Å²) in [4.78, 5) is 13.1. The molecule has 0 unspecified atom stereocenters. The van der Waals surface area contributed by atoms with E-state index in [2.05, 4.69) is 15.1 Å². The van der Waals surface area contributed by atoms with Crippen LogP contribution in [0.4, 0.5) is 5.69 Å². The topological polar surface area (TPSA) is 128 Å². The average Bonchev–Trinajstić information content (AvgIpc) is 2.80. The summed E-state index contributed by atoms with van der Waals surface area (Å²) in [7, 11) is 1.59. The largest absolute Gasteiger partial charge is 0.346 e. The van der Waals surface area contributed by atoms with Gasteiger partial charge in [0.1, 0.15) is 6.20 Å². The van der Waals surface area contributed by atoms with E-state index in [1.54, 1.807) is 7.05 Å². The van der Waals surface area contributed by atoms with E-state index in [-0.39, 0.29) is 31.1 Å². The lowest BCUT2D eigenvalue weighted by Crippen LogP contribution is -2.39. The fourth-order valence-electron chi connectivity index (χ4n) is 1.94. The molecule has 10 heteroatoms. The maximum absolute atomic E-state index is 10.9. The Labute approximate surface area is 114 Å². The zero-order valence-electron chi connectivity index (χ0n) is 11.1. The second kappa shape index (κ2) is 5.45. The van der Waals surface area contributed by atoms with Crippen LogP contribution in [0.25, 0.3) is 10.4 Å². The molecule has 2 rings (SSSR count). The fourth-order valence-corrected chi connectivity index (χ4v) is 1.94. The van der Waals surface area contributed by atoms with Gasteiger partial charge in [-0.2, -0.15) is 5.10 Å². The molecule has 0 atom stereocenters. The SMILES string of the molecule is Cn1ncc([N+](=O)[O-])c1C1OCC(C)(CN=[N+]=[N-])CO1. The van der Waals surface area contributed by atoms with Crippen molar-refractivity contribution in [3.8, 4) is 0 Å².